The topological polar surface area (TPSA) is 201 Å². The van der Waals surface area contributed by atoms with Crippen LogP contribution in [0.1, 0.15) is 126 Å². The van der Waals surface area contributed by atoms with Crippen LogP contribution in [0.2, 0.25) is 0 Å². The number of benzene rings is 1. The number of hydrogen-bond donors (Lipinski definition) is 3. The first-order valence-electron chi connectivity index (χ1n) is 23.4. The maximum absolute atomic E-state index is 14.5. The fourth-order valence-electron chi connectivity index (χ4n) is 8.99. The Hall–Kier alpha value is -5.02. The van der Waals surface area contributed by atoms with E-state index in [0.29, 0.717) is 38.5 Å². The molecule has 1 aromatic rings. The second-order valence-corrected chi connectivity index (χ2v) is 19.4. The van der Waals surface area contributed by atoms with E-state index >= 15 is 0 Å². The van der Waals surface area contributed by atoms with Crippen LogP contribution in [-0.2, 0) is 54.3 Å². The van der Waals surface area contributed by atoms with Crippen molar-refractivity contribution in [2.45, 2.75) is 175 Å². The van der Waals surface area contributed by atoms with Crippen molar-refractivity contribution in [2.75, 3.05) is 20.1 Å². The molecule has 0 unspecified atom stereocenters. The molecule has 3 aliphatic heterocycles. The SMILES string of the molecule is CCCCC[C@@H]1OC(=O)[C@H](Cc2ccccc2)NC(=O)[C@H](C(C)C)NC(=O)[C@H]2CCCN2C(=O)[C@H]2CCCN2C(=O)[C@H](C)OC(=O)[C@H](C(C)C)N(C)C(=O)[C@@H](C(C)C)NC(=O)C1(C)C. The van der Waals surface area contributed by atoms with Crippen molar-refractivity contribution < 1.29 is 47.8 Å². The summed E-state index contributed by atoms with van der Waals surface area (Å²) in [6.07, 6.45) is 2.06. The van der Waals surface area contributed by atoms with Crippen molar-refractivity contribution in [1.29, 1.82) is 0 Å². The first kappa shape index (κ1) is 51.6. The maximum Gasteiger partial charge on any atom is 0.329 e. The second-order valence-electron chi connectivity index (χ2n) is 19.4. The molecule has 0 spiro atoms. The third-order valence-electron chi connectivity index (χ3n) is 13.0. The Morgan fingerprint density at radius 2 is 1.28 bits per heavy atom. The highest BCUT2D eigenvalue weighted by Gasteiger charge is 2.47. The molecule has 3 fully saturated rings. The van der Waals surface area contributed by atoms with Crippen LogP contribution in [0.3, 0.4) is 0 Å². The molecule has 0 aromatic heterocycles. The van der Waals surface area contributed by atoms with Crippen LogP contribution in [0.5, 0.6) is 0 Å². The number of hydrogen-bond acceptors (Lipinski definition) is 10. The van der Waals surface area contributed by atoms with E-state index in [1.54, 1.807) is 55.4 Å². The number of nitrogens with one attached hydrogen (secondary N) is 3. The summed E-state index contributed by atoms with van der Waals surface area (Å²) >= 11 is 0. The number of fused-ring (bicyclic) bond motifs is 2. The lowest BCUT2D eigenvalue weighted by molar-refractivity contribution is -0.168. The third kappa shape index (κ3) is 12.4. The summed E-state index contributed by atoms with van der Waals surface area (Å²) in [5.41, 5.74) is -0.653. The Balaban J connectivity index is 1.80. The maximum atomic E-state index is 14.5. The van der Waals surface area contributed by atoms with Gasteiger partial charge in [0.05, 0.1) is 5.41 Å². The highest BCUT2D eigenvalue weighted by atomic mass is 16.6. The number of ether oxygens (including phenoxy) is 2. The van der Waals surface area contributed by atoms with E-state index in [1.807, 2.05) is 37.3 Å². The van der Waals surface area contributed by atoms with E-state index in [-0.39, 0.29) is 19.5 Å². The van der Waals surface area contributed by atoms with Crippen LogP contribution in [0.4, 0.5) is 0 Å². The van der Waals surface area contributed by atoms with Gasteiger partial charge >= 0.3 is 11.9 Å². The van der Waals surface area contributed by atoms with E-state index < -0.39 is 119 Å². The van der Waals surface area contributed by atoms with Gasteiger partial charge in [-0.25, -0.2) is 9.59 Å². The average Bonchev–Trinajstić information content (AvgIpc) is 3.94. The van der Waals surface area contributed by atoms with Gasteiger partial charge < -0.3 is 40.1 Å². The van der Waals surface area contributed by atoms with E-state index in [4.69, 9.17) is 9.47 Å². The van der Waals surface area contributed by atoms with Crippen molar-refractivity contribution in [2.24, 2.45) is 23.2 Å². The molecule has 0 radical (unpaired) electrons. The zero-order valence-corrected chi connectivity index (χ0v) is 39.9. The van der Waals surface area contributed by atoms with Gasteiger partial charge in [0.1, 0.15) is 42.4 Å². The molecule has 3 saturated heterocycles. The number of rotatable bonds is 9. The molecule has 16 heteroatoms. The van der Waals surface area contributed by atoms with Crippen molar-refractivity contribution >= 4 is 47.4 Å². The van der Waals surface area contributed by atoms with Crippen molar-refractivity contribution in [3.63, 3.8) is 0 Å². The molecule has 0 saturated carbocycles. The highest BCUT2D eigenvalue weighted by Crippen LogP contribution is 2.31. The smallest absolute Gasteiger partial charge is 0.329 e. The number of carbonyl (C=O) groups excluding carboxylic acids is 8. The number of unbranched alkanes of at least 4 members (excludes halogenated alkanes) is 2. The quantitative estimate of drug-likeness (QED) is 0.241. The molecule has 6 amide bonds. The van der Waals surface area contributed by atoms with E-state index in [2.05, 4.69) is 16.0 Å². The van der Waals surface area contributed by atoms with Gasteiger partial charge in [0.2, 0.25) is 29.5 Å². The average molecular weight is 895 g/mol. The largest absolute Gasteiger partial charge is 0.460 e. The van der Waals surface area contributed by atoms with Gasteiger partial charge in [-0.05, 0) is 82.6 Å². The molecule has 0 bridgehead atoms. The summed E-state index contributed by atoms with van der Waals surface area (Å²) in [5.74, 6) is -6.20. The van der Waals surface area contributed by atoms with Crippen LogP contribution in [0.15, 0.2) is 30.3 Å². The van der Waals surface area contributed by atoms with Crippen LogP contribution < -0.4 is 16.0 Å². The number of amides is 6. The summed E-state index contributed by atoms with van der Waals surface area (Å²) in [7, 11) is 1.46. The first-order valence-corrected chi connectivity index (χ1v) is 23.4. The standard InChI is InChI=1S/C48H74N6O10/c1-12-13-15-24-36-48(9,10)47(62)51-38(29(4)5)44(59)52(11)39(30(6)7)46(61)63-31(8)42(57)54-26-19-23-35(54)43(58)53-25-18-22-34(53)40(55)50-37(28(2)3)41(56)49-33(45(60)64-36)27-32-20-16-14-17-21-32/h14,16-17,20-21,28-31,33-39H,12-13,15,18-19,22-27H2,1-11H3,(H,49,56)(H,50,55)(H,51,62)/t31-,33-,34+,35+,36-,37-,38+,39-/m0/s1. The molecule has 16 nitrogen and oxygen atoms in total. The monoisotopic (exact) mass is 895 g/mol. The summed E-state index contributed by atoms with van der Waals surface area (Å²) in [6, 6.07) is 2.71. The molecule has 3 N–H and O–H groups in total. The van der Waals surface area contributed by atoms with Gasteiger partial charge in [0.15, 0.2) is 6.10 Å². The van der Waals surface area contributed by atoms with Gasteiger partial charge in [-0.3, -0.25) is 28.8 Å². The van der Waals surface area contributed by atoms with Crippen molar-refractivity contribution in [3.05, 3.63) is 35.9 Å². The molecule has 4 rings (SSSR count). The van der Waals surface area contributed by atoms with Crippen LogP contribution in [0, 0.1) is 23.2 Å². The van der Waals surface area contributed by atoms with Gasteiger partial charge in [-0.1, -0.05) is 91.6 Å². The Morgan fingerprint density at radius 1 is 0.688 bits per heavy atom. The lowest BCUT2D eigenvalue weighted by atomic mass is 9.81. The molecule has 356 valence electrons. The van der Waals surface area contributed by atoms with E-state index in [1.165, 1.54) is 28.7 Å². The predicted molar refractivity (Wildman–Crippen MR) is 240 cm³/mol. The molecule has 1 aromatic carbocycles. The lowest BCUT2D eigenvalue weighted by Gasteiger charge is -2.37. The van der Waals surface area contributed by atoms with Crippen molar-refractivity contribution in [3.8, 4) is 0 Å². The van der Waals surface area contributed by atoms with Crippen LogP contribution in [-0.4, -0.2) is 131 Å². The Morgan fingerprint density at radius 3 is 1.86 bits per heavy atom. The summed E-state index contributed by atoms with van der Waals surface area (Å²) < 4.78 is 12.1. The lowest BCUT2D eigenvalue weighted by Crippen LogP contribution is -2.59. The van der Waals surface area contributed by atoms with Crippen LogP contribution in [0.25, 0.3) is 0 Å². The van der Waals surface area contributed by atoms with Gasteiger partial charge in [0, 0.05) is 26.6 Å². The molecule has 3 heterocycles. The predicted octanol–water partition coefficient (Wildman–Crippen LogP) is 3.92. The zero-order valence-electron chi connectivity index (χ0n) is 39.9. The second kappa shape index (κ2) is 22.7. The van der Waals surface area contributed by atoms with E-state index in [9.17, 15) is 38.4 Å². The zero-order chi connectivity index (χ0) is 47.6. The number of esters is 2. The molecule has 3 aliphatic rings. The van der Waals surface area contributed by atoms with Crippen LogP contribution >= 0.6 is 0 Å². The summed E-state index contributed by atoms with van der Waals surface area (Å²) in [4.78, 5) is 118. The molecule has 64 heavy (non-hydrogen) atoms. The molecular formula is C48H74N6O10. The first-order chi connectivity index (χ1) is 30.1. The summed E-state index contributed by atoms with van der Waals surface area (Å²) in [6.45, 7) is 17.8. The Bertz CT molecular complexity index is 1840. The number of likely N-dealkylation sites (N-methyl/N-ethyl adjacent to an activating group) is 1. The molecular weight excluding hydrogens is 821 g/mol. The fraction of sp³-hybridized carbons (Fsp3) is 0.708. The fourth-order valence-corrected chi connectivity index (χ4v) is 8.99. The van der Waals surface area contributed by atoms with Crippen molar-refractivity contribution in [1.82, 2.24) is 30.7 Å². The van der Waals surface area contributed by atoms with Gasteiger partial charge in [-0.2, -0.15) is 0 Å². The van der Waals surface area contributed by atoms with Gasteiger partial charge in [-0.15, -0.1) is 0 Å². The Kier molecular flexibility index (Phi) is 18.3. The summed E-state index contributed by atoms with van der Waals surface area (Å²) in [5, 5.41) is 8.65. The molecule has 0 aliphatic carbocycles. The number of nitrogens with zero attached hydrogens (tertiary/aromatic N) is 3. The molecule has 8 atom stereocenters. The highest BCUT2D eigenvalue weighted by molar-refractivity contribution is 5.97. The minimum atomic E-state index is -1.39. The third-order valence-corrected chi connectivity index (χ3v) is 13.0. The van der Waals surface area contributed by atoms with E-state index in [0.717, 1.165) is 18.4 Å². The van der Waals surface area contributed by atoms with Gasteiger partial charge in [0.25, 0.3) is 5.91 Å². The Labute approximate surface area is 379 Å². The normalized spacial score (nSPS) is 28.6. The minimum absolute atomic E-state index is 0.0499. The number of cyclic esters (lactones) is 2. The number of carbonyl (C=O) groups is 8. The minimum Gasteiger partial charge on any atom is -0.460 e.